The molecule has 8 heteroatoms. The molecule has 0 atom stereocenters. The molecular weight excluding hydrogens is 272 g/mol. The first kappa shape index (κ1) is 13.1. The number of nitrogens with zero attached hydrogens (tertiary/aromatic N) is 4. The molecule has 2 N–H and O–H groups in total. The van der Waals surface area contributed by atoms with E-state index in [1.165, 1.54) is 0 Å². The average Bonchev–Trinajstić information content (AvgIpc) is 3.08. The minimum absolute atomic E-state index is 0.0119. The summed E-state index contributed by atoms with van der Waals surface area (Å²) in [6.07, 6.45) is 1.80. The number of aromatic amines is 1. The van der Waals surface area contributed by atoms with E-state index in [2.05, 4.69) is 25.5 Å². The van der Waals surface area contributed by atoms with Crippen LogP contribution in [0.1, 0.15) is 23.2 Å². The second kappa shape index (κ2) is 5.23. The summed E-state index contributed by atoms with van der Waals surface area (Å²) in [4.78, 5) is 20.2. The molecular formula is C13H14N6O2. The molecule has 3 aromatic rings. The summed E-state index contributed by atoms with van der Waals surface area (Å²) in [5.74, 6) is 0.510. The molecule has 8 nitrogen and oxygen atoms in total. The van der Waals surface area contributed by atoms with Gasteiger partial charge in [0.25, 0.3) is 0 Å². The SMILES string of the molecule is CCOC(=O)c1nc(Nc2cc(C)[nH]n2)n2cccc2n1. The van der Waals surface area contributed by atoms with Crippen LogP contribution in [0, 0.1) is 6.92 Å². The fraction of sp³-hybridized carbons (Fsp3) is 0.231. The zero-order valence-corrected chi connectivity index (χ0v) is 11.6. The molecule has 0 saturated carbocycles. The molecule has 0 aliphatic carbocycles. The number of aromatic nitrogens is 5. The van der Waals surface area contributed by atoms with E-state index in [-0.39, 0.29) is 12.4 Å². The molecule has 0 radical (unpaired) electrons. The number of carbonyl (C=O) groups excluding carboxylic acids is 1. The number of nitrogens with one attached hydrogen (secondary N) is 2. The number of carbonyl (C=O) groups is 1. The normalized spacial score (nSPS) is 10.8. The topological polar surface area (TPSA) is 97.2 Å². The van der Waals surface area contributed by atoms with Crippen molar-refractivity contribution in [3.63, 3.8) is 0 Å². The lowest BCUT2D eigenvalue weighted by atomic mass is 10.5. The molecule has 3 heterocycles. The van der Waals surface area contributed by atoms with Crippen molar-refractivity contribution in [3.8, 4) is 0 Å². The Morgan fingerprint density at radius 3 is 3.05 bits per heavy atom. The van der Waals surface area contributed by atoms with Gasteiger partial charge in [-0.05, 0) is 26.0 Å². The third kappa shape index (κ3) is 2.55. The van der Waals surface area contributed by atoms with Crippen LogP contribution in [-0.4, -0.2) is 37.1 Å². The quantitative estimate of drug-likeness (QED) is 0.708. The van der Waals surface area contributed by atoms with Gasteiger partial charge in [-0.2, -0.15) is 10.1 Å². The Labute approximate surface area is 120 Å². The van der Waals surface area contributed by atoms with Crippen molar-refractivity contribution >= 4 is 23.4 Å². The fourth-order valence-electron chi connectivity index (χ4n) is 1.90. The van der Waals surface area contributed by atoms with Crippen molar-refractivity contribution in [1.82, 2.24) is 24.6 Å². The maximum absolute atomic E-state index is 11.8. The Bertz CT molecular complexity index is 791. The van der Waals surface area contributed by atoms with E-state index in [1.54, 1.807) is 23.6 Å². The maximum atomic E-state index is 11.8. The number of hydrogen-bond donors (Lipinski definition) is 2. The lowest BCUT2D eigenvalue weighted by Gasteiger charge is -2.07. The first-order valence-corrected chi connectivity index (χ1v) is 6.48. The largest absolute Gasteiger partial charge is 0.460 e. The number of esters is 1. The van der Waals surface area contributed by atoms with Crippen LogP contribution in [0.4, 0.5) is 11.8 Å². The van der Waals surface area contributed by atoms with Gasteiger partial charge in [0.15, 0.2) is 5.82 Å². The Hall–Kier alpha value is -2.90. The first-order valence-electron chi connectivity index (χ1n) is 6.48. The molecule has 0 spiro atoms. The van der Waals surface area contributed by atoms with Crippen molar-refractivity contribution in [2.24, 2.45) is 0 Å². The van der Waals surface area contributed by atoms with Crippen molar-refractivity contribution in [3.05, 3.63) is 35.9 Å². The average molecular weight is 286 g/mol. The number of fused-ring (bicyclic) bond motifs is 1. The van der Waals surface area contributed by atoms with Crippen LogP contribution in [0.25, 0.3) is 5.65 Å². The van der Waals surface area contributed by atoms with E-state index in [0.29, 0.717) is 17.4 Å². The first-order chi connectivity index (χ1) is 10.2. The third-order valence-electron chi connectivity index (χ3n) is 2.79. The standard InChI is InChI=1S/C13H14N6O2/c1-3-21-12(20)11-15-10-5-4-6-19(10)13(16-11)14-9-7-8(2)17-18-9/h4-7H,3H2,1-2H3,(H2,14,15,16,17,18). The minimum Gasteiger partial charge on any atom is -0.460 e. The van der Waals surface area contributed by atoms with Gasteiger partial charge in [0.1, 0.15) is 5.65 Å². The van der Waals surface area contributed by atoms with E-state index in [4.69, 9.17) is 4.74 Å². The van der Waals surface area contributed by atoms with E-state index in [0.717, 1.165) is 5.69 Å². The number of aryl methyl sites for hydroxylation is 1. The van der Waals surface area contributed by atoms with E-state index >= 15 is 0 Å². The Morgan fingerprint density at radius 1 is 1.48 bits per heavy atom. The number of H-pyrrole nitrogens is 1. The molecule has 0 fully saturated rings. The van der Waals surface area contributed by atoms with Crippen LogP contribution in [0.2, 0.25) is 0 Å². The molecule has 0 aliphatic rings. The van der Waals surface area contributed by atoms with Gasteiger partial charge in [0.2, 0.25) is 11.8 Å². The summed E-state index contributed by atoms with van der Waals surface area (Å²) in [5.41, 5.74) is 1.52. The predicted octanol–water partition coefficient (Wildman–Crippen LogP) is 1.68. The van der Waals surface area contributed by atoms with Gasteiger partial charge in [0.05, 0.1) is 6.61 Å². The monoisotopic (exact) mass is 286 g/mol. The highest BCUT2D eigenvalue weighted by Gasteiger charge is 2.15. The number of hydrogen-bond acceptors (Lipinski definition) is 6. The summed E-state index contributed by atoms with van der Waals surface area (Å²) in [6, 6.07) is 5.44. The van der Waals surface area contributed by atoms with E-state index in [1.807, 2.05) is 19.1 Å². The fourth-order valence-corrected chi connectivity index (χ4v) is 1.90. The Kier molecular flexibility index (Phi) is 3.27. The third-order valence-corrected chi connectivity index (χ3v) is 2.79. The molecule has 21 heavy (non-hydrogen) atoms. The van der Waals surface area contributed by atoms with Crippen molar-refractivity contribution < 1.29 is 9.53 Å². The number of ether oxygens (including phenoxy) is 1. The van der Waals surface area contributed by atoms with Crippen molar-refractivity contribution in [2.45, 2.75) is 13.8 Å². The van der Waals surface area contributed by atoms with Gasteiger partial charge in [-0.15, -0.1) is 0 Å². The lowest BCUT2D eigenvalue weighted by molar-refractivity contribution is 0.0512. The van der Waals surface area contributed by atoms with Crippen LogP contribution in [0.5, 0.6) is 0 Å². The highest BCUT2D eigenvalue weighted by Crippen LogP contribution is 2.15. The number of anilines is 2. The highest BCUT2D eigenvalue weighted by molar-refractivity contribution is 5.86. The van der Waals surface area contributed by atoms with Gasteiger partial charge in [-0.25, -0.2) is 9.78 Å². The second-order valence-corrected chi connectivity index (χ2v) is 4.39. The summed E-state index contributed by atoms with van der Waals surface area (Å²) < 4.78 is 6.67. The molecule has 108 valence electrons. The second-order valence-electron chi connectivity index (χ2n) is 4.39. The molecule has 0 saturated heterocycles. The zero-order chi connectivity index (χ0) is 14.8. The summed E-state index contributed by atoms with van der Waals surface area (Å²) in [7, 11) is 0. The van der Waals surface area contributed by atoms with Crippen LogP contribution >= 0.6 is 0 Å². The molecule has 3 rings (SSSR count). The van der Waals surface area contributed by atoms with Crippen LogP contribution < -0.4 is 5.32 Å². The van der Waals surface area contributed by atoms with E-state index < -0.39 is 5.97 Å². The zero-order valence-electron chi connectivity index (χ0n) is 11.6. The van der Waals surface area contributed by atoms with Gasteiger partial charge in [-0.3, -0.25) is 9.50 Å². The minimum atomic E-state index is -0.553. The highest BCUT2D eigenvalue weighted by atomic mass is 16.5. The van der Waals surface area contributed by atoms with Crippen molar-refractivity contribution in [2.75, 3.05) is 11.9 Å². The summed E-state index contributed by atoms with van der Waals surface area (Å²) in [6.45, 7) is 3.91. The molecule has 0 aliphatic heterocycles. The molecule has 0 amide bonds. The lowest BCUT2D eigenvalue weighted by Crippen LogP contribution is -2.13. The van der Waals surface area contributed by atoms with E-state index in [9.17, 15) is 4.79 Å². The van der Waals surface area contributed by atoms with Gasteiger partial charge < -0.3 is 10.1 Å². The van der Waals surface area contributed by atoms with Gasteiger partial charge in [0, 0.05) is 18.0 Å². The molecule has 0 bridgehead atoms. The molecule has 0 aromatic carbocycles. The Balaban J connectivity index is 2.02. The Morgan fingerprint density at radius 2 is 2.33 bits per heavy atom. The maximum Gasteiger partial charge on any atom is 0.376 e. The summed E-state index contributed by atoms with van der Waals surface area (Å²) >= 11 is 0. The van der Waals surface area contributed by atoms with Crippen LogP contribution in [0.3, 0.4) is 0 Å². The summed E-state index contributed by atoms with van der Waals surface area (Å²) in [5, 5.41) is 9.97. The van der Waals surface area contributed by atoms with Crippen molar-refractivity contribution in [1.29, 1.82) is 0 Å². The smallest absolute Gasteiger partial charge is 0.376 e. The molecule has 0 unspecified atom stereocenters. The number of rotatable bonds is 4. The predicted molar refractivity (Wildman–Crippen MR) is 75.6 cm³/mol. The van der Waals surface area contributed by atoms with Gasteiger partial charge >= 0.3 is 5.97 Å². The van der Waals surface area contributed by atoms with Crippen LogP contribution in [0.15, 0.2) is 24.4 Å². The molecule has 3 aromatic heterocycles. The van der Waals surface area contributed by atoms with Crippen LogP contribution in [-0.2, 0) is 4.74 Å². The van der Waals surface area contributed by atoms with Gasteiger partial charge in [-0.1, -0.05) is 0 Å².